The van der Waals surface area contributed by atoms with E-state index in [1.165, 1.54) is 12.8 Å². The van der Waals surface area contributed by atoms with Crippen molar-refractivity contribution >= 4 is 5.97 Å². The summed E-state index contributed by atoms with van der Waals surface area (Å²) < 4.78 is 5.03. The van der Waals surface area contributed by atoms with Gasteiger partial charge in [-0.1, -0.05) is 6.92 Å². The highest BCUT2D eigenvalue weighted by molar-refractivity contribution is 5.69. The van der Waals surface area contributed by atoms with E-state index in [0.29, 0.717) is 12.6 Å². The van der Waals surface area contributed by atoms with Gasteiger partial charge in [0.25, 0.3) is 0 Å². The fourth-order valence-electron chi connectivity index (χ4n) is 2.38. The lowest BCUT2D eigenvalue weighted by molar-refractivity contribution is -0.139. The molecule has 1 rings (SSSR count). The summed E-state index contributed by atoms with van der Waals surface area (Å²) in [6.07, 6.45) is 4.68. The van der Waals surface area contributed by atoms with Crippen molar-refractivity contribution in [1.82, 2.24) is 4.90 Å². The summed E-state index contributed by atoms with van der Waals surface area (Å²) in [5, 5.41) is 8.88. The lowest BCUT2D eigenvalue weighted by Crippen LogP contribution is -2.42. The maximum atomic E-state index is 10.8. The van der Waals surface area contributed by atoms with Gasteiger partial charge in [0, 0.05) is 19.7 Å². The molecular formula is C12H23NO3. The predicted molar refractivity (Wildman–Crippen MR) is 62.5 cm³/mol. The Bertz CT molecular complexity index is 212. The van der Waals surface area contributed by atoms with Crippen molar-refractivity contribution in [2.24, 2.45) is 5.92 Å². The molecule has 0 unspecified atom stereocenters. The summed E-state index contributed by atoms with van der Waals surface area (Å²) in [5.74, 6) is 0.0556. The van der Waals surface area contributed by atoms with E-state index in [4.69, 9.17) is 9.84 Å². The topological polar surface area (TPSA) is 49.8 Å². The van der Waals surface area contributed by atoms with Gasteiger partial charge < -0.3 is 9.84 Å². The average molecular weight is 229 g/mol. The molecule has 1 aliphatic carbocycles. The van der Waals surface area contributed by atoms with E-state index in [1.54, 1.807) is 7.11 Å². The number of carboxylic acid groups (broad SMARTS) is 1. The molecule has 1 N–H and O–H groups in total. The van der Waals surface area contributed by atoms with Crippen LogP contribution in [-0.4, -0.2) is 48.8 Å². The Labute approximate surface area is 97.6 Å². The molecule has 0 aromatic carbocycles. The first-order valence-electron chi connectivity index (χ1n) is 6.08. The Kier molecular flexibility index (Phi) is 5.77. The number of hydrogen-bond acceptors (Lipinski definition) is 3. The molecule has 4 heteroatoms. The van der Waals surface area contributed by atoms with Gasteiger partial charge in [-0.05, 0) is 31.6 Å². The molecule has 4 nitrogen and oxygen atoms in total. The number of ether oxygens (including phenoxy) is 1. The zero-order chi connectivity index (χ0) is 12.0. The lowest BCUT2D eigenvalue weighted by Gasteiger charge is -2.35. The standard InChI is InChI=1S/C12H23NO3/c1-10-3-5-11(6-4-10)13(7-8-16-2)9-12(14)15/h10-11H,3-9H2,1-2H3,(H,14,15). The Hall–Kier alpha value is -0.610. The smallest absolute Gasteiger partial charge is 0.317 e. The van der Waals surface area contributed by atoms with Gasteiger partial charge in [-0.15, -0.1) is 0 Å². The third-order valence-corrected chi connectivity index (χ3v) is 3.42. The van der Waals surface area contributed by atoms with E-state index < -0.39 is 5.97 Å². The number of methoxy groups -OCH3 is 1. The fraction of sp³-hybridized carbons (Fsp3) is 0.917. The highest BCUT2D eigenvalue weighted by Crippen LogP contribution is 2.26. The van der Waals surface area contributed by atoms with E-state index in [0.717, 1.165) is 25.3 Å². The summed E-state index contributed by atoms with van der Waals surface area (Å²) in [7, 11) is 1.65. The molecule has 0 bridgehead atoms. The van der Waals surface area contributed by atoms with Gasteiger partial charge in [0.1, 0.15) is 0 Å². The van der Waals surface area contributed by atoms with Crippen LogP contribution in [0.15, 0.2) is 0 Å². The monoisotopic (exact) mass is 229 g/mol. The third-order valence-electron chi connectivity index (χ3n) is 3.42. The molecule has 0 aromatic heterocycles. The second kappa shape index (κ2) is 6.86. The highest BCUT2D eigenvalue weighted by Gasteiger charge is 2.24. The van der Waals surface area contributed by atoms with Gasteiger partial charge in [0.05, 0.1) is 13.2 Å². The van der Waals surface area contributed by atoms with Gasteiger partial charge in [-0.2, -0.15) is 0 Å². The molecule has 0 saturated heterocycles. The molecule has 0 aliphatic heterocycles. The van der Waals surface area contributed by atoms with E-state index in [1.807, 2.05) is 0 Å². The minimum Gasteiger partial charge on any atom is -0.480 e. The van der Waals surface area contributed by atoms with Gasteiger partial charge in [0.2, 0.25) is 0 Å². The maximum Gasteiger partial charge on any atom is 0.317 e. The number of hydrogen-bond donors (Lipinski definition) is 1. The van der Waals surface area contributed by atoms with Crippen molar-refractivity contribution in [2.75, 3.05) is 26.8 Å². The van der Waals surface area contributed by atoms with Crippen LogP contribution in [0.2, 0.25) is 0 Å². The van der Waals surface area contributed by atoms with Gasteiger partial charge in [0.15, 0.2) is 0 Å². The van der Waals surface area contributed by atoms with E-state index in [2.05, 4.69) is 11.8 Å². The first-order valence-corrected chi connectivity index (χ1v) is 6.08. The molecule has 0 spiro atoms. The van der Waals surface area contributed by atoms with Crippen LogP contribution in [0.4, 0.5) is 0 Å². The first kappa shape index (κ1) is 13.5. The van der Waals surface area contributed by atoms with Crippen molar-refractivity contribution < 1.29 is 14.6 Å². The van der Waals surface area contributed by atoms with Crippen LogP contribution in [0.1, 0.15) is 32.6 Å². The normalized spacial score (nSPS) is 25.9. The molecular weight excluding hydrogens is 206 g/mol. The number of carboxylic acids is 1. The zero-order valence-corrected chi connectivity index (χ0v) is 10.3. The first-order chi connectivity index (χ1) is 7.63. The highest BCUT2D eigenvalue weighted by atomic mass is 16.5. The molecule has 1 saturated carbocycles. The minimum atomic E-state index is -0.741. The van der Waals surface area contributed by atoms with Crippen LogP contribution in [0.3, 0.4) is 0 Å². The van der Waals surface area contributed by atoms with Crippen LogP contribution in [0, 0.1) is 5.92 Å². The van der Waals surface area contributed by atoms with Crippen molar-refractivity contribution in [3.8, 4) is 0 Å². The zero-order valence-electron chi connectivity index (χ0n) is 10.3. The molecule has 0 aromatic rings. The fourth-order valence-corrected chi connectivity index (χ4v) is 2.38. The minimum absolute atomic E-state index is 0.141. The maximum absolute atomic E-state index is 10.8. The lowest BCUT2D eigenvalue weighted by atomic mass is 9.86. The van der Waals surface area contributed by atoms with E-state index >= 15 is 0 Å². The summed E-state index contributed by atoms with van der Waals surface area (Å²) >= 11 is 0. The van der Waals surface area contributed by atoms with Gasteiger partial charge in [-0.25, -0.2) is 0 Å². The molecule has 1 fully saturated rings. The van der Waals surface area contributed by atoms with Crippen molar-refractivity contribution in [3.63, 3.8) is 0 Å². The Morgan fingerprint density at radius 1 is 1.38 bits per heavy atom. The van der Waals surface area contributed by atoms with Crippen LogP contribution in [-0.2, 0) is 9.53 Å². The van der Waals surface area contributed by atoms with Crippen LogP contribution in [0.25, 0.3) is 0 Å². The molecule has 1 aliphatic rings. The Morgan fingerprint density at radius 3 is 2.50 bits per heavy atom. The summed E-state index contributed by atoms with van der Waals surface area (Å²) in [5.41, 5.74) is 0. The Morgan fingerprint density at radius 2 is 2.00 bits per heavy atom. The average Bonchev–Trinajstić information content (AvgIpc) is 2.25. The number of carbonyl (C=O) groups is 1. The summed E-state index contributed by atoms with van der Waals surface area (Å²) in [6, 6.07) is 0.433. The van der Waals surface area contributed by atoms with Crippen LogP contribution >= 0.6 is 0 Å². The molecule has 0 amide bonds. The quantitative estimate of drug-likeness (QED) is 0.751. The van der Waals surface area contributed by atoms with Crippen LogP contribution < -0.4 is 0 Å². The van der Waals surface area contributed by atoms with Gasteiger partial charge >= 0.3 is 5.97 Å². The predicted octanol–water partition coefficient (Wildman–Crippen LogP) is 1.60. The van der Waals surface area contributed by atoms with E-state index in [9.17, 15) is 4.79 Å². The second-order valence-electron chi connectivity index (χ2n) is 4.77. The third kappa shape index (κ3) is 4.49. The molecule has 0 radical (unpaired) electrons. The van der Waals surface area contributed by atoms with E-state index in [-0.39, 0.29) is 6.54 Å². The van der Waals surface area contributed by atoms with Crippen molar-refractivity contribution in [3.05, 3.63) is 0 Å². The van der Waals surface area contributed by atoms with Crippen molar-refractivity contribution in [2.45, 2.75) is 38.6 Å². The number of rotatable bonds is 6. The summed E-state index contributed by atoms with van der Waals surface area (Å²) in [4.78, 5) is 12.9. The second-order valence-corrected chi connectivity index (χ2v) is 4.77. The van der Waals surface area contributed by atoms with Crippen molar-refractivity contribution in [1.29, 1.82) is 0 Å². The summed E-state index contributed by atoms with van der Waals surface area (Å²) in [6.45, 7) is 3.75. The molecule has 16 heavy (non-hydrogen) atoms. The van der Waals surface area contributed by atoms with Crippen LogP contribution in [0.5, 0.6) is 0 Å². The molecule has 0 atom stereocenters. The number of aliphatic carboxylic acids is 1. The largest absolute Gasteiger partial charge is 0.480 e. The Balaban J connectivity index is 2.43. The molecule has 0 heterocycles. The number of nitrogens with zero attached hydrogens (tertiary/aromatic N) is 1. The van der Waals surface area contributed by atoms with Gasteiger partial charge in [-0.3, -0.25) is 9.69 Å². The molecule has 94 valence electrons. The SMILES string of the molecule is COCCN(CC(=O)O)C1CCC(C)CC1.